The number of hydrogen-bond acceptors (Lipinski definition) is 16. The van der Waals surface area contributed by atoms with Crippen LogP contribution >= 0.6 is 0 Å². The topological polar surface area (TPSA) is 182 Å². The molecule has 19 heteroatoms. The van der Waals surface area contributed by atoms with E-state index >= 15 is 0 Å². The van der Waals surface area contributed by atoms with Crippen LogP contribution in [0.5, 0.6) is 28.7 Å². The quantitative estimate of drug-likeness (QED) is 0.0332. The fourth-order valence-electron chi connectivity index (χ4n) is 12.8. The summed E-state index contributed by atoms with van der Waals surface area (Å²) in [7, 11) is 6.49. The molecule has 564 valence electrons. The Morgan fingerprint density at radius 2 is 0.835 bits per heavy atom. The number of hydrogen-bond donors (Lipinski definition) is 3. The Morgan fingerprint density at radius 3 is 1.23 bits per heavy atom. The van der Waals surface area contributed by atoms with Gasteiger partial charge in [0.2, 0.25) is 0 Å². The number of para-hydroxylation sites is 2. The molecule has 0 radical (unpaired) electrons. The van der Waals surface area contributed by atoms with Crippen molar-refractivity contribution in [2.45, 2.75) is 177 Å². The van der Waals surface area contributed by atoms with Gasteiger partial charge in [0.25, 0.3) is 0 Å². The fourth-order valence-corrected chi connectivity index (χ4v) is 12.8. The highest BCUT2D eigenvalue weighted by atomic mass is 16.6. The molecule has 8 aromatic rings. The molecule has 0 atom stereocenters. The molecule has 19 nitrogen and oxygen atoms in total. The summed E-state index contributed by atoms with van der Waals surface area (Å²) in [6, 6.07) is 44.3. The predicted molar refractivity (Wildman–Crippen MR) is 416 cm³/mol. The summed E-state index contributed by atoms with van der Waals surface area (Å²) < 4.78 is 53.4. The molecular weight excluding hydrogens is 1290 g/mol. The van der Waals surface area contributed by atoms with Gasteiger partial charge >= 0.3 is 0 Å². The molecule has 2 saturated carbocycles. The monoisotopic (exact) mass is 1420 g/mol. The second-order valence-electron chi connectivity index (χ2n) is 27.4. The summed E-state index contributed by atoms with van der Waals surface area (Å²) in [5.74, 6) is 5.00. The summed E-state index contributed by atoms with van der Waals surface area (Å²) in [6.07, 6.45) is 21.4. The maximum absolute atomic E-state index is 6.29. The Bertz CT molecular complexity index is 3280. The van der Waals surface area contributed by atoms with Crippen LogP contribution in [0.3, 0.4) is 0 Å². The van der Waals surface area contributed by atoms with Crippen molar-refractivity contribution in [3.63, 3.8) is 0 Å². The SMILES string of the molecule is C.C.C.CCCCN(C)Cc1cn[nH]c1-c1ccc(OC(COc2ccccc2)COc2ccccc2)cc1.CCCCN(C)Cc1cn[nH]c1-c1ccc(OC2CC(OCCC3CCOCC3)C2)cc1.CCCCN(C)Cc1cn[nH]c1-c1ccc(OC2CC(OCCN3CCOCC3)C2)cc1. The Kier molecular flexibility index (Phi) is 36.6. The summed E-state index contributed by atoms with van der Waals surface area (Å²) in [6.45, 7) is 21.6. The van der Waals surface area contributed by atoms with Crippen LogP contribution in [0.15, 0.2) is 152 Å². The van der Waals surface area contributed by atoms with E-state index in [4.69, 9.17) is 42.6 Å². The van der Waals surface area contributed by atoms with Gasteiger partial charge in [0.15, 0.2) is 6.10 Å². The minimum Gasteiger partial charge on any atom is -0.490 e. The molecule has 12 rings (SSSR count). The van der Waals surface area contributed by atoms with Crippen molar-refractivity contribution in [3.8, 4) is 62.5 Å². The lowest BCUT2D eigenvalue weighted by Crippen LogP contribution is -2.42. The third-order valence-electron chi connectivity index (χ3n) is 19.0. The van der Waals surface area contributed by atoms with Gasteiger partial charge in [0.1, 0.15) is 54.2 Å². The van der Waals surface area contributed by atoms with Crippen LogP contribution in [0.4, 0.5) is 0 Å². The third-order valence-corrected chi connectivity index (χ3v) is 19.0. The molecule has 3 N–H and O–H groups in total. The molecule has 5 aromatic carbocycles. The zero-order valence-corrected chi connectivity index (χ0v) is 60.4. The van der Waals surface area contributed by atoms with E-state index < -0.39 is 0 Å². The van der Waals surface area contributed by atoms with Gasteiger partial charge in [-0.3, -0.25) is 20.2 Å². The number of nitrogens with zero attached hydrogens (tertiary/aromatic N) is 7. The zero-order valence-electron chi connectivity index (χ0n) is 60.4. The molecule has 0 amide bonds. The average Bonchev–Trinajstić information content (AvgIpc) is 1.79. The number of H-pyrrole nitrogens is 3. The number of morpholine rings is 1. The lowest BCUT2D eigenvalue weighted by Gasteiger charge is -2.36. The van der Waals surface area contributed by atoms with Crippen LogP contribution in [0.25, 0.3) is 33.8 Å². The Balaban J connectivity index is 0.000000214. The Morgan fingerprint density at radius 1 is 0.456 bits per heavy atom. The van der Waals surface area contributed by atoms with Crippen LogP contribution in [-0.2, 0) is 38.6 Å². The first-order valence-electron chi connectivity index (χ1n) is 37.0. The number of rotatable bonds is 38. The minimum absolute atomic E-state index is 0. The summed E-state index contributed by atoms with van der Waals surface area (Å²) in [4.78, 5) is 9.45. The normalized spacial score (nSPS) is 17.3. The highest BCUT2D eigenvalue weighted by Gasteiger charge is 2.33. The molecule has 0 bridgehead atoms. The lowest BCUT2D eigenvalue weighted by molar-refractivity contribution is -0.0696. The van der Waals surface area contributed by atoms with Gasteiger partial charge in [-0.15, -0.1) is 0 Å². The first-order valence-corrected chi connectivity index (χ1v) is 37.0. The van der Waals surface area contributed by atoms with E-state index in [1.165, 1.54) is 68.1 Å². The standard InChI is InChI=1S/C30H35N3O3.C26H39N3O3.C25H38N4O3.3CH4/c1-3-4-19-33(2)21-25-20-31-32-30(25)24-15-17-28(18-16-24)36-29(22-34-26-11-7-5-8-12-26)23-35-27-13-9-6-10-14-27;1-3-4-12-29(2)19-22-18-27-28-26(22)21-5-7-23(8-6-21)32-25-16-24(17-25)31-15-11-20-9-13-30-14-10-20;1-3-4-9-28(2)19-21-18-26-27-25(21)20-5-7-22(8-6-20)32-24-16-23(17-24)31-15-12-29-10-13-30-14-11-29;;;/h5-18,20,29H,3-4,19,21-23H2,1-2H3,(H,31,32);5-8,18,20,24-25H,3-4,9-17,19H2,1-2H3,(H,27,28);5-8,18,23-24H,3-4,9-17,19H2,1-2H3,(H,26,27);3*1H4. The number of aromatic nitrogens is 6. The second kappa shape index (κ2) is 45.6. The van der Waals surface area contributed by atoms with Crippen molar-refractivity contribution in [1.29, 1.82) is 0 Å². The Hall–Kier alpha value is -7.59. The molecule has 5 heterocycles. The molecule has 3 aromatic heterocycles. The van der Waals surface area contributed by atoms with E-state index in [0.717, 1.165) is 199 Å². The number of ether oxygens (including phenoxy) is 9. The van der Waals surface area contributed by atoms with E-state index in [2.05, 4.69) is 153 Å². The fraction of sp³-hybridized carbons (Fsp3) is 0.536. The summed E-state index contributed by atoms with van der Waals surface area (Å²) in [5, 5.41) is 22.4. The highest BCUT2D eigenvalue weighted by molar-refractivity contribution is 5.65. The van der Waals surface area contributed by atoms with E-state index in [1.807, 2.05) is 91.4 Å². The van der Waals surface area contributed by atoms with Gasteiger partial charge in [-0.1, -0.05) is 98.7 Å². The van der Waals surface area contributed by atoms with Crippen molar-refractivity contribution in [2.24, 2.45) is 5.92 Å². The first-order chi connectivity index (χ1) is 49.1. The van der Waals surface area contributed by atoms with Crippen LogP contribution < -0.4 is 23.7 Å². The second-order valence-corrected chi connectivity index (χ2v) is 27.4. The number of unbranched alkanes of at least 4 members (excludes halogenated alkanes) is 3. The number of aromatic amines is 3. The van der Waals surface area contributed by atoms with Gasteiger partial charge in [-0.05, 0) is 182 Å². The van der Waals surface area contributed by atoms with E-state index in [9.17, 15) is 0 Å². The maximum Gasteiger partial charge on any atom is 0.166 e. The molecule has 2 aliphatic carbocycles. The van der Waals surface area contributed by atoms with E-state index in [-0.39, 0.29) is 40.6 Å². The minimum atomic E-state index is -0.286. The van der Waals surface area contributed by atoms with E-state index in [0.29, 0.717) is 25.4 Å². The Labute approximate surface area is 617 Å². The smallest absolute Gasteiger partial charge is 0.166 e. The molecule has 2 saturated heterocycles. The van der Waals surface area contributed by atoms with Gasteiger partial charge in [0.05, 0.1) is 67.7 Å². The maximum atomic E-state index is 6.29. The van der Waals surface area contributed by atoms with Crippen LogP contribution in [-0.4, -0.2) is 194 Å². The predicted octanol–water partition coefficient (Wildman–Crippen LogP) is 16.7. The number of benzene rings is 5. The first kappa shape index (κ1) is 82.7. The van der Waals surface area contributed by atoms with E-state index in [1.54, 1.807) is 0 Å². The molecule has 0 spiro atoms. The van der Waals surface area contributed by atoms with Crippen molar-refractivity contribution in [1.82, 2.24) is 50.2 Å². The van der Waals surface area contributed by atoms with Gasteiger partial charge in [0, 0.05) is 118 Å². The zero-order chi connectivity index (χ0) is 69.4. The van der Waals surface area contributed by atoms with Crippen molar-refractivity contribution >= 4 is 0 Å². The molecule has 4 fully saturated rings. The molecule has 2 aliphatic heterocycles. The lowest BCUT2D eigenvalue weighted by atomic mass is 9.91. The number of nitrogens with one attached hydrogen (secondary N) is 3. The van der Waals surface area contributed by atoms with Gasteiger partial charge < -0.3 is 57.3 Å². The van der Waals surface area contributed by atoms with Crippen LogP contribution in [0.2, 0.25) is 0 Å². The third kappa shape index (κ3) is 27.8. The van der Waals surface area contributed by atoms with Crippen molar-refractivity contribution in [2.75, 3.05) is 113 Å². The largest absolute Gasteiger partial charge is 0.490 e. The molecular formula is C84H124N10O9. The average molecular weight is 1420 g/mol. The van der Waals surface area contributed by atoms with Crippen LogP contribution in [0.1, 0.15) is 143 Å². The van der Waals surface area contributed by atoms with Crippen LogP contribution in [0, 0.1) is 5.92 Å². The highest BCUT2D eigenvalue weighted by Crippen LogP contribution is 2.34. The summed E-state index contributed by atoms with van der Waals surface area (Å²) in [5.41, 5.74) is 10.3. The van der Waals surface area contributed by atoms with Gasteiger partial charge in [-0.25, -0.2) is 0 Å². The molecule has 103 heavy (non-hydrogen) atoms. The van der Waals surface area contributed by atoms with Crippen molar-refractivity contribution < 1.29 is 42.6 Å². The van der Waals surface area contributed by atoms with Gasteiger partial charge in [-0.2, -0.15) is 15.3 Å². The summed E-state index contributed by atoms with van der Waals surface area (Å²) >= 11 is 0. The molecule has 0 unspecified atom stereocenters. The molecule has 4 aliphatic rings. The van der Waals surface area contributed by atoms with Crippen molar-refractivity contribution in [3.05, 3.63) is 169 Å².